The van der Waals surface area contributed by atoms with Gasteiger partial charge in [0.1, 0.15) is 17.3 Å². The number of hydrogen-bond acceptors (Lipinski definition) is 3. The van der Waals surface area contributed by atoms with E-state index in [2.05, 4.69) is 5.32 Å². The summed E-state index contributed by atoms with van der Waals surface area (Å²) in [5.41, 5.74) is 3.52. The number of hydrogen-bond donors (Lipinski definition) is 1. The number of nitrogens with zero attached hydrogens (tertiary/aromatic N) is 1. The van der Waals surface area contributed by atoms with E-state index < -0.39 is 23.4 Å². The molecule has 0 atom stereocenters. The van der Waals surface area contributed by atoms with Gasteiger partial charge in [0.25, 0.3) is 11.8 Å². The molecule has 3 aromatic rings. The van der Waals surface area contributed by atoms with Gasteiger partial charge in [0.15, 0.2) is 0 Å². The Bertz CT molecular complexity index is 1180. The van der Waals surface area contributed by atoms with Crippen molar-refractivity contribution in [3.05, 3.63) is 101 Å². The Morgan fingerprint density at radius 1 is 0.767 bits per heavy atom. The van der Waals surface area contributed by atoms with Crippen molar-refractivity contribution in [3.8, 4) is 0 Å². The molecule has 0 fully saturated rings. The molecule has 150 valence electrons. The van der Waals surface area contributed by atoms with Crippen LogP contribution in [0.4, 0.5) is 20.2 Å². The first-order chi connectivity index (χ1) is 14.3. The summed E-state index contributed by atoms with van der Waals surface area (Å²) < 4.78 is 26.8. The monoisotopic (exact) mass is 404 g/mol. The van der Waals surface area contributed by atoms with Gasteiger partial charge in [-0.3, -0.25) is 9.59 Å². The lowest BCUT2D eigenvalue weighted by Crippen LogP contribution is -2.32. The second-order valence-corrected chi connectivity index (χ2v) is 7.12. The van der Waals surface area contributed by atoms with E-state index in [4.69, 9.17) is 0 Å². The summed E-state index contributed by atoms with van der Waals surface area (Å²) in [6.07, 6.45) is 0. The predicted octanol–water partition coefficient (Wildman–Crippen LogP) is 4.98. The molecule has 0 aromatic heterocycles. The number of imide groups is 1. The van der Waals surface area contributed by atoms with Gasteiger partial charge >= 0.3 is 0 Å². The highest BCUT2D eigenvalue weighted by Gasteiger charge is 2.40. The molecule has 1 aliphatic rings. The molecule has 1 aliphatic heterocycles. The van der Waals surface area contributed by atoms with E-state index >= 15 is 0 Å². The molecule has 2 amide bonds. The first-order valence-electron chi connectivity index (χ1n) is 9.34. The van der Waals surface area contributed by atoms with E-state index in [0.717, 1.165) is 16.0 Å². The van der Waals surface area contributed by atoms with Gasteiger partial charge in [-0.25, -0.2) is 13.7 Å². The fourth-order valence-corrected chi connectivity index (χ4v) is 3.44. The van der Waals surface area contributed by atoms with E-state index in [9.17, 15) is 18.4 Å². The first kappa shape index (κ1) is 19.5. The van der Waals surface area contributed by atoms with Crippen LogP contribution in [-0.2, 0) is 9.59 Å². The Balaban J connectivity index is 1.83. The van der Waals surface area contributed by atoms with Crippen molar-refractivity contribution in [1.29, 1.82) is 0 Å². The molecule has 30 heavy (non-hydrogen) atoms. The van der Waals surface area contributed by atoms with Crippen LogP contribution < -0.4 is 10.2 Å². The number of rotatable bonds is 4. The second kappa shape index (κ2) is 7.55. The van der Waals surface area contributed by atoms with E-state index in [1.807, 2.05) is 32.0 Å². The Hall–Kier alpha value is -3.80. The van der Waals surface area contributed by atoms with Crippen LogP contribution in [0.1, 0.15) is 16.7 Å². The standard InChI is InChI=1S/C24H18F2N2O2/c1-14-3-12-20(15(2)13-14)27-22-21(16-4-6-17(25)7-5-16)23(29)28(24(22)30)19-10-8-18(26)9-11-19/h3-13,27H,1-2H3. The Labute approximate surface area is 172 Å². The summed E-state index contributed by atoms with van der Waals surface area (Å²) in [5, 5.41) is 3.09. The molecule has 3 aromatic carbocycles. The summed E-state index contributed by atoms with van der Waals surface area (Å²) in [6, 6.07) is 16.2. The topological polar surface area (TPSA) is 49.4 Å². The minimum absolute atomic E-state index is 0.0860. The Morgan fingerprint density at radius 3 is 1.97 bits per heavy atom. The van der Waals surface area contributed by atoms with Crippen LogP contribution in [0.5, 0.6) is 0 Å². The fourth-order valence-electron chi connectivity index (χ4n) is 3.44. The van der Waals surface area contributed by atoms with Crippen LogP contribution in [0.2, 0.25) is 0 Å². The van der Waals surface area contributed by atoms with Crippen molar-refractivity contribution in [1.82, 2.24) is 0 Å². The van der Waals surface area contributed by atoms with Crippen LogP contribution >= 0.6 is 0 Å². The number of benzene rings is 3. The van der Waals surface area contributed by atoms with Gasteiger partial charge in [-0.05, 0) is 67.4 Å². The molecular weight excluding hydrogens is 386 g/mol. The molecule has 0 radical (unpaired) electrons. The summed E-state index contributed by atoms with van der Waals surface area (Å²) in [6.45, 7) is 3.85. The molecule has 0 unspecified atom stereocenters. The zero-order chi connectivity index (χ0) is 21.4. The van der Waals surface area contributed by atoms with Gasteiger partial charge in [-0.1, -0.05) is 29.8 Å². The number of carbonyl (C=O) groups is 2. The van der Waals surface area contributed by atoms with Crippen molar-refractivity contribution < 1.29 is 18.4 Å². The number of amides is 2. The van der Waals surface area contributed by atoms with Crippen molar-refractivity contribution in [2.24, 2.45) is 0 Å². The maximum Gasteiger partial charge on any atom is 0.282 e. The van der Waals surface area contributed by atoms with E-state index in [-0.39, 0.29) is 17.0 Å². The number of carbonyl (C=O) groups excluding carboxylic acids is 2. The predicted molar refractivity (Wildman–Crippen MR) is 112 cm³/mol. The zero-order valence-corrected chi connectivity index (χ0v) is 16.4. The summed E-state index contributed by atoms with van der Waals surface area (Å²) in [5.74, 6) is -2.05. The van der Waals surface area contributed by atoms with Gasteiger partial charge in [-0.15, -0.1) is 0 Å². The smallest absolute Gasteiger partial charge is 0.282 e. The normalized spacial score (nSPS) is 13.9. The van der Waals surface area contributed by atoms with Crippen molar-refractivity contribution >= 4 is 28.8 Å². The van der Waals surface area contributed by atoms with Crippen LogP contribution in [0.25, 0.3) is 5.57 Å². The van der Waals surface area contributed by atoms with Crippen LogP contribution in [0.3, 0.4) is 0 Å². The van der Waals surface area contributed by atoms with Gasteiger partial charge in [-0.2, -0.15) is 0 Å². The third-order valence-corrected chi connectivity index (χ3v) is 4.94. The Morgan fingerprint density at radius 2 is 1.37 bits per heavy atom. The van der Waals surface area contributed by atoms with E-state index in [0.29, 0.717) is 11.3 Å². The average Bonchev–Trinajstić information content (AvgIpc) is 2.95. The largest absolute Gasteiger partial charge is 0.350 e. The average molecular weight is 404 g/mol. The van der Waals surface area contributed by atoms with Gasteiger partial charge in [0, 0.05) is 5.69 Å². The molecule has 4 rings (SSSR count). The maximum absolute atomic E-state index is 13.4. The maximum atomic E-state index is 13.4. The number of anilines is 2. The molecule has 0 bridgehead atoms. The summed E-state index contributed by atoms with van der Waals surface area (Å²) in [7, 11) is 0. The van der Waals surface area contributed by atoms with E-state index in [1.54, 1.807) is 0 Å². The highest BCUT2D eigenvalue weighted by atomic mass is 19.1. The molecule has 0 spiro atoms. The number of aryl methyl sites for hydroxylation is 2. The summed E-state index contributed by atoms with van der Waals surface area (Å²) >= 11 is 0. The highest BCUT2D eigenvalue weighted by molar-refractivity contribution is 6.46. The Kier molecular flexibility index (Phi) is 4.91. The van der Waals surface area contributed by atoms with Gasteiger partial charge in [0.2, 0.25) is 0 Å². The van der Waals surface area contributed by atoms with Gasteiger partial charge in [0.05, 0.1) is 11.3 Å². The van der Waals surface area contributed by atoms with Gasteiger partial charge < -0.3 is 5.32 Å². The molecule has 0 saturated heterocycles. The number of halogens is 2. The van der Waals surface area contributed by atoms with Crippen molar-refractivity contribution in [3.63, 3.8) is 0 Å². The van der Waals surface area contributed by atoms with Crippen molar-refractivity contribution in [2.45, 2.75) is 13.8 Å². The minimum atomic E-state index is -0.564. The lowest BCUT2D eigenvalue weighted by molar-refractivity contribution is -0.120. The minimum Gasteiger partial charge on any atom is -0.350 e. The highest BCUT2D eigenvalue weighted by Crippen LogP contribution is 2.34. The zero-order valence-electron chi connectivity index (χ0n) is 16.4. The molecule has 1 N–H and O–H groups in total. The van der Waals surface area contributed by atoms with Crippen LogP contribution in [0, 0.1) is 25.5 Å². The lowest BCUT2D eigenvalue weighted by Gasteiger charge is -2.16. The molecule has 4 nitrogen and oxygen atoms in total. The lowest BCUT2D eigenvalue weighted by atomic mass is 10.0. The fraction of sp³-hybridized carbons (Fsp3) is 0.0833. The molecule has 0 aliphatic carbocycles. The SMILES string of the molecule is Cc1ccc(NC2=C(c3ccc(F)cc3)C(=O)N(c3ccc(F)cc3)C2=O)c(C)c1. The molecule has 1 heterocycles. The first-order valence-corrected chi connectivity index (χ1v) is 9.34. The quantitative estimate of drug-likeness (QED) is 0.624. The second-order valence-electron chi connectivity index (χ2n) is 7.12. The third-order valence-electron chi connectivity index (χ3n) is 4.94. The molecule has 6 heteroatoms. The summed E-state index contributed by atoms with van der Waals surface area (Å²) in [4.78, 5) is 27.5. The molecular formula is C24H18F2N2O2. The molecule has 0 saturated carbocycles. The van der Waals surface area contributed by atoms with Crippen LogP contribution in [-0.4, -0.2) is 11.8 Å². The van der Waals surface area contributed by atoms with E-state index in [1.165, 1.54) is 48.5 Å². The third kappa shape index (κ3) is 3.48. The van der Waals surface area contributed by atoms with Crippen molar-refractivity contribution in [2.75, 3.05) is 10.2 Å². The number of nitrogens with one attached hydrogen (secondary N) is 1. The van der Waals surface area contributed by atoms with Crippen LogP contribution in [0.15, 0.2) is 72.4 Å².